The van der Waals surface area contributed by atoms with Crippen LogP contribution in [0.2, 0.25) is 0 Å². The predicted molar refractivity (Wildman–Crippen MR) is 115 cm³/mol. The van der Waals surface area contributed by atoms with Crippen molar-refractivity contribution in [2.45, 2.75) is 56.9 Å². The van der Waals surface area contributed by atoms with Crippen molar-refractivity contribution < 1.29 is 18.0 Å². The molecule has 0 bridgehead atoms. The molecule has 33 heavy (non-hydrogen) atoms. The smallest absolute Gasteiger partial charge is 0.362 e. The van der Waals surface area contributed by atoms with Gasteiger partial charge in [-0.1, -0.05) is 31.2 Å². The summed E-state index contributed by atoms with van der Waals surface area (Å²) in [5.41, 5.74) is 0.208. The van der Waals surface area contributed by atoms with Crippen molar-refractivity contribution in [3.8, 4) is 0 Å². The summed E-state index contributed by atoms with van der Waals surface area (Å²) in [5.74, 6) is -0.384. The summed E-state index contributed by atoms with van der Waals surface area (Å²) >= 11 is 0. The fraction of sp³-hybridized carbons (Fsp3) is 0.435. The second-order valence-corrected chi connectivity index (χ2v) is 9.30. The highest BCUT2D eigenvalue weighted by Gasteiger charge is 2.57. The lowest BCUT2D eigenvalue weighted by atomic mass is 9.61. The van der Waals surface area contributed by atoms with Crippen LogP contribution in [0, 0.1) is 0 Å². The molecule has 0 fully saturated rings. The number of azo groups is 2. The maximum atomic E-state index is 14.1. The zero-order valence-electron chi connectivity index (χ0n) is 18.4. The van der Waals surface area contributed by atoms with Crippen LogP contribution in [0.25, 0.3) is 5.57 Å². The van der Waals surface area contributed by atoms with Crippen molar-refractivity contribution in [2.24, 2.45) is 20.5 Å². The lowest BCUT2D eigenvalue weighted by Gasteiger charge is -2.48. The Balaban J connectivity index is 1.81. The van der Waals surface area contributed by atoms with Crippen LogP contribution in [0.4, 0.5) is 13.2 Å². The molecule has 1 amide bonds. The number of amides is 1. The monoisotopic (exact) mass is 456 g/mol. The minimum Gasteiger partial charge on any atom is -0.362 e. The molecule has 1 aromatic carbocycles. The molecule has 1 unspecified atom stereocenters. The predicted octanol–water partition coefficient (Wildman–Crippen LogP) is 4.91. The number of rotatable bonds is 3. The third-order valence-corrected chi connectivity index (χ3v) is 6.66. The number of hydrogen-bond donors (Lipinski definition) is 2. The average molecular weight is 456 g/mol. The molecule has 0 saturated heterocycles. The Morgan fingerprint density at radius 1 is 1.24 bits per heavy atom. The first kappa shape index (κ1) is 21.5. The largest absolute Gasteiger partial charge is 0.435 e. The SMILES string of the molecule is CC[C@@]1(c2cccc(C3=CN=NC3)c2)C2=C(CC(C)(C)NC2=O)NC2N=NC(C(F)(F)F)=C21. The third-order valence-electron chi connectivity index (χ3n) is 6.66. The Morgan fingerprint density at radius 3 is 2.70 bits per heavy atom. The number of allylic oxidation sites excluding steroid dienone is 1. The van der Waals surface area contributed by atoms with Crippen LogP contribution in [-0.4, -0.2) is 30.3 Å². The molecule has 0 radical (unpaired) electrons. The number of nitrogens with one attached hydrogen (secondary N) is 2. The molecule has 4 aliphatic rings. The first-order valence-corrected chi connectivity index (χ1v) is 10.8. The summed E-state index contributed by atoms with van der Waals surface area (Å²) in [6.45, 7) is 5.96. The van der Waals surface area contributed by atoms with Gasteiger partial charge in [0.1, 0.15) is 0 Å². The zero-order chi connectivity index (χ0) is 23.6. The number of alkyl halides is 3. The summed E-state index contributed by atoms with van der Waals surface area (Å²) in [5, 5.41) is 21.5. The maximum Gasteiger partial charge on any atom is 0.435 e. The molecule has 2 N–H and O–H groups in total. The van der Waals surface area contributed by atoms with Crippen molar-refractivity contribution >= 4 is 11.5 Å². The summed E-state index contributed by atoms with van der Waals surface area (Å²) in [6, 6.07) is 7.27. The van der Waals surface area contributed by atoms with Crippen molar-refractivity contribution in [3.05, 3.63) is 64.1 Å². The van der Waals surface area contributed by atoms with E-state index in [0.29, 0.717) is 29.8 Å². The van der Waals surface area contributed by atoms with Gasteiger partial charge in [0, 0.05) is 28.8 Å². The number of halogens is 3. The van der Waals surface area contributed by atoms with E-state index in [4.69, 9.17) is 0 Å². The fourth-order valence-electron chi connectivity index (χ4n) is 5.35. The van der Waals surface area contributed by atoms with Crippen LogP contribution in [0.5, 0.6) is 0 Å². The standard InChI is InChI=1S/C23H23F3N6O/c1-4-22(14-7-5-6-12(8-14)13-10-27-28-11-13)16-15(9-21(2,3)30-20(16)33)29-19-17(22)18(31-32-19)23(24,25)26/h5-8,10,19,29H,4,9,11H2,1-3H3,(H,30,33)/t19?,22-/m1/s1. The Morgan fingerprint density at radius 2 is 2.03 bits per heavy atom. The topological polar surface area (TPSA) is 90.6 Å². The van der Waals surface area contributed by atoms with Crippen LogP contribution in [0.15, 0.2) is 73.5 Å². The first-order chi connectivity index (χ1) is 15.6. The highest BCUT2D eigenvalue weighted by Crippen LogP contribution is 2.54. The fourth-order valence-corrected chi connectivity index (χ4v) is 5.35. The third kappa shape index (κ3) is 3.22. The van der Waals surface area contributed by atoms with Gasteiger partial charge in [0.25, 0.3) is 5.91 Å². The normalized spacial score (nSPS) is 27.9. The van der Waals surface area contributed by atoms with Gasteiger partial charge in [0.2, 0.25) is 0 Å². The van der Waals surface area contributed by atoms with Gasteiger partial charge in [-0.25, -0.2) is 0 Å². The summed E-state index contributed by atoms with van der Waals surface area (Å²) in [7, 11) is 0. The van der Waals surface area contributed by atoms with Crippen molar-refractivity contribution in [1.29, 1.82) is 0 Å². The number of hydrogen-bond acceptors (Lipinski definition) is 6. The Labute approximate surface area is 188 Å². The van der Waals surface area contributed by atoms with Gasteiger partial charge in [-0.15, -0.1) is 5.11 Å². The number of benzene rings is 1. The molecule has 0 spiro atoms. The number of nitrogens with zero attached hydrogens (tertiary/aromatic N) is 4. The minimum atomic E-state index is -4.71. The van der Waals surface area contributed by atoms with Crippen LogP contribution in [0.1, 0.15) is 44.7 Å². The van der Waals surface area contributed by atoms with Gasteiger partial charge in [-0.3, -0.25) is 4.79 Å². The van der Waals surface area contributed by atoms with Gasteiger partial charge in [-0.05, 0) is 31.4 Å². The van der Waals surface area contributed by atoms with E-state index in [1.807, 2.05) is 26.0 Å². The number of fused-ring (bicyclic) bond motifs is 1. The maximum absolute atomic E-state index is 14.1. The molecule has 7 nitrogen and oxygen atoms in total. The molecular formula is C23H23F3N6O. The molecule has 0 aromatic heterocycles. The zero-order valence-corrected chi connectivity index (χ0v) is 18.4. The number of carbonyl (C=O) groups excluding carboxylic acids is 1. The lowest BCUT2D eigenvalue weighted by molar-refractivity contribution is -0.120. The average Bonchev–Trinajstić information content (AvgIpc) is 3.41. The summed E-state index contributed by atoms with van der Waals surface area (Å²) in [6.07, 6.45) is -3.37. The molecule has 4 aliphatic heterocycles. The molecule has 10 heteroatoms. The van der Waals surface area contributed by atoms with E-state index in [9.17, 15) is 18.0 Å². The van der Waals surface area contributed by atoms with E-state index in [1.165, 1.54) is 0 Å². The van der Waals surface area contributed by atoms with Crippen LogP contribution < -0.4 is 10.6 Å². The molecular weight excluding hydrogens is 433 g/mol. The van der Waals surface area contributed by atoms with E-state index in [1.54, 1.807) is 25.3 Å². The Hall–Kier alpha value is -3.30. The van der Waals surface area contributed by atoms with Crippen LogP contribution >= 0.6 is 0 Å². The van der Waals surface area contributed by atoms with Crippen LogP contribution in [0.3, 0.4) is 0 Å². The summed E-state index contributed by atoms with van der Waals surface area (Å²) in [4.78, 5) is 13.5. The summed E-state index contributed by atoms with van der Waals surface area (Å²) < 4.78 is 42.3. The van der Waals surface area contributed by atoms with E-state index < -0.39 is 29.0 Å². The highest BCUT2D eigenvalue weighted by molar-refractivity contribution is 6.00. The molecule has 0 saturated carbocycles. The van der Waals surface area contributed by atoms with E-state index in [0.717, 1.165) is 11.1 Å². The van der Waals surface area contributed by atoms with Gasteiger partial charge >= 0.3 is 6.18 Å². The van der Waals surface area contributed by atoms with Crippen molar-refractivity contribution in [1.82, 2.24) is 10.6 Å². The van der Waals surface area contributed by atoms with Gasteiger partial charge in [0.15, 0.2) is 11.9 Å². The van der Waals surface area contributed by atoms with E-state index >= 15 is 0 Å². The van der Waals surface area contributed by atoms with E-state index in [2.05, 4.69) is 31.1 Å². The lowest BCUT2D eigenvalue weighted by Crippen LogP contribution is -2.58. The molecule has 2 atom stereocenters. The van der Waals surface area contributed by atoms with Gasteiger partial charge in [0.05, 0.1) is 23.7 Å². The Kier molecular flexibility index (Phi) is 4.63. The quantitative estimate of drug-likeness (QED) is 0.677. The van der Waals surface area contributed by atoms with Crippen LogP contribution in [-0.2, 0) is 10.2 Å². The molecule has 4 heterocycles. The van der Waals surface area contributed by atoms with E-state index in [-0.39, 0.29) is 17.9 Å². The molecule has 1 aromatic rings. The highest BCUT2D eigenvalue weighted by atomic mass is 19.4. The first-order valence-electron chi connectivity index (χ1n) is 10.8. The molecule has 0 aliphatic carbocycles. The Bertz CT molecular complexity index is 1210. The van der Waals surface area contributed by atoms with Crippen molar-refractivity contribution in [2.75, 3.05) is 6.54 Å². The number of carbonyl (C=O) groups is 1. The molecule has 172 valence electrons. The molecule has 5 rings (SSSR count). The van der Waals surface area contributed by atoms with Crippen molar-refractivity contribution in [3.63, 3.8) is 0 Å². The van der Waals surface area contributed by atoms with Gasteiger partial charge in [-0.2, -0.15) is 28.5 Å². The van der Waals surface area contributed by atoms with Gasteiger partial charge < -0.3 is 10.6 Å². The minimum absolute atomic E-state index is 0.0296. The second kappa shape index (κ2) is 7.10. The second-order valence-electron chi connectivity index (χ2n) is 9.30.